The third-order valence-corrected chi connectivity index (χ3v) is 4.41. The van der Waals surface area contributed by atoms with Crippen molar-refractivity contribution in [1.82, 2.24) is 4.98 Å². The highest BCUT2D eigenvalue weighted by Crippen LogP contribution is 2.32. The molecule has 0 bridgehead atoms. The summed E-state index contributed by atoms with van der Waals surface area (Å²) in [5.74, 6) is -0.379. The van der Waals surface area contributed by atoms with Crippen molar-refractivity contribution in [3.05, 3.63) is 63.8 Å². The summed E-state index contributed by atoms with van der Waals surface area (Å²) < 4.78 is 25.8. The van der Waals surface area contributed by atoms with Gasteiger partial charge in [-0.1, -0.05) is 35.3 Å². The maximum absolute atomic E-state index is 12.8. The zero-order valence-electron chi connectivity index (χ0n) is 12.4. The number of benzene rings is 2. The van der Waals surface area contributed by atoms with Gasteiger partial charge in [-0.25, -0.2) is 8.42 Å². The molecular weight excluding hydrogens is 371 g/mol. The molecule has 5 nitrogen and oxygen atoms in total. The van der Waals surface area contributed by atoms with E-state index in [-0.39, 0.29) is 17.2 Å². The maximum atomic E-state index is 12.8. The van der Waals surface area contributed by atoms with Crippen LogP contribution in [0.4, 0.5) is 5.69 Å². The van der Waals surface area contributed by atoms with Gasteiger partial charge in [0.2, 0.25) is 15.8 Å². The summed E-state index contributed by atoms with van der Waals surface area (Å²) in [7, 11) is -3.58. The van der Waals surface area contributed by atoms with Gasteiger partial charge in [0.25, 0.3) is 0 Å². The van der Waals surface area contributed by atoms with E-state index in [9.17, 15) is 13.2 Å². The number of aromatic amines is 1. The van der Waals surface area contributed by atoms with Crippen LogP contribution in [-0.4, -0.2) is 25.4 Å². The molecule has 1 aromatic heterocycles. The lowest BCUT2D eigenvalue weighted by Gasteiger charge is -2.06. The quantitative estimate of drug-likeness (QED) is 0.667. The number of anilines is 1. The lowest BCUT2D eigenvalue weighted by molar-refractivity contribution is 0.103. The Morgan fingerprint density at radius 1 is 1.08 bits per heavy atom. The third kappa shape index (κ3) is 3.40. The molecule has 0 saturated heterocycles. The smallest absolute Gasteiger partial charge is 0.229 e. The number of aromatic nitrogens is 1. The third-order valence-electron chi connectivity index (χ3n) is 3.36. The lowest BCUT2D eigenvalue weighted by Crippen LogP contribution is -2.13. The summed E-state index contributed by atoms with van der Waals surface area (Å²) in [5.41, 5.74) is 1.21. The normalized spacial score (nSPS) is 11.6. The molecule has 0 aliphatic heterocycles. The van der Waals surface area contributed by atoms with E-state index in [1.807, 2.05) is 0 Å². The van der Waals surface area contributed by atoms with Crippen LogP contribution in [-0.2, 0) is 10.0 Å². The molecule has 2 aromatic carbocycles. The standard InChI is InChI=1S/C16H12Cl2N2O3S/c1-24(22,23)20-14-12-6-5-11(18)8-13(12)19-15(14)16(21)9-3-2-4-10(17)7-9/h2-8,19-20H,1H3. The monoisotopic (exact) mass is 382 g/mol. The first kappa shape index (κ1) is 16.8. The minimum Gasteiger partial charge on any atom is -0.350 e. The van der Waals surface area contributed by atoms with Crippen molar-refractivity contribution in [1.29, 1.82) is 0 Å². The number of rotatable bonds is 4. The van der Waals surface area contributed by atoms with Crippen molar-refractivity contribution in [2.75, 3.05) is 11.0 Å². The Morgan fingerprint density at radius 2 is 1.79 bits per heavy atom. The summed E-state index contributed by atoms with van der Waals surface area (Å²) in [6.45, 7) is 0. The second-order valence-corrected chi connectivity index (χ2v) is 7.90. The van der Waals surface area contributed by atoms with Gasteiger partial charge in [-0.05, 0) is 30.3 Å². The van der Waals surface area contributed by atoms with E-state index in [1.54, 1.807) is 36.4 Å². The molecule has 2 N–H and O–H groups in total. The maximum Gasteiger partial charge on any atom is 0.229 e. The van der Waals surface area contributed by atoms with Crippen LogP contribution in [0.15, 0.2) is 42.5 Å². The summed E-state index contributed by atoms with van der Waals surface area (Å²) >= 11 is 11.9. The number of carbonyl (C=O) groups is 1. The molecule has 124 valence electrons. The number of hydrogen-bond acceptors (Lipinski definition) is 3. The van der Waals surface area contributed by atoms with Gasteiger partial charge < -0.3 is 4.98 Å². The molecule has 0 aliphatic rings. The summed E-state index contributed by atoms with van der Waals surface area (Å²) in [5, 5.41) is 1.43. The van der Waals surface area contributed by atoms with Crippen molar-refractivity contribution in [2.45, 2.75) is 0 Å². The Hall–Kier alpha value is -2.02. The number of carbonyl (C=O) groups excluding carboxylic acids is 1. The zero-order chi connectivity index (χ0) is 17.5. The van der Waals surface area contributed by atoms with E-state index in [0.717, 1.165) is 6.26 Å². The molecule has 24 heavy (non-hydrogen) atoms. The van der Waals surface area contributed by atoms with Crippen LogP contribution >= 0.6 is 23.2 Å². The molecule has 8 heteroatoms. The molecule has 0 unspecified atom stereocenters. The van der Waals surface area contributed by atoms with Gasteiger partial charge in [0.05, 0.1) is 11.9 Å². The summed E-state index contributed by atoms with van der Waals surface area (Å²) in [6, 6.07) is 11.3. The van der Waals surface area contributed by atoms with Gasteiger partial charge in [-0.2, -0.15) is 0 Å². The Labute approximate surface area is 148 Å². The van der Waals surface area contributed by atoms with Gasteiger partial charge in [-0.15, -0.1) is 0 Å². The fourth-order valence-corrected chi connectivity index (χ4v) is 3.35. The number of halogens is 2. The SMILES string of the molecule is CS(=O)(=O)Nc1c(C(=O)c2cccc(Cl)c2)[nH]c2cc(Cl)ccc12. The summed E-state index contributed by atoms with van der Waals surface area (Å²) in [4.78, 5) is 15.7. The van der Waals surface area contributed by atoms with Crippen molar-refractivity contribution in [3.8, 4) is 0 Å². The first-order chi connectivity index (χ1) is 11.2. The molecule has 0 aliphatic carbocycles. The van der Waals surface area contributed by atoms with Crippen molar-refractivity contribution in [2.24, 2.45) is 0 Å². The number of nitrogens with one attached hydrogen (secondary N) is 2. The van der Waals surface area contributed by atoms with Crippen molar-refractivity contribution < 1.29 is 13.2 Å². The second kappa shape index (κ2) is 6.12. The number of fused-ring (bicyclic) bond motifs is 1. The van der Waals surface area contributed by atoms with E-state index in [1.165, 1.54) is 6.07 Å². The van der Waals surface area contributed by atoms with Crippen LogP contribution in [0.25, 0.3) is 10.9 Å². The van der Waals surface area contributed by atoms with E-state index in [2.05, 4.69) is 9.71 Å². The number of H-pyrrole nitrogens is 1. The topological polar surface area (TPSA) is 79.0 Å². The van der Waals surface area contributed by atoms with Crippen LogP contribution in [0, 0.1) is 0 Å². The fraction of sp³-hybridized carbons (Fsp3) is 0.0625. The Morgan fingerprint density at radius 3 is 2.46 bits per heavy atom. The van der Waals surface area contributed by atoms with E-state index < -0.39 is 10.0 Å². The van der Waals surface area contributed by atoms with Crippen LogP contribution in [0.5, 0.6) is 0 Å². The largest absolute Gasteiger partial charge is 0.350 e. The molecule has 0 amide bonds. The minimum atomic E-state index is -3.58. The molecule has 0 saturated carbocycles. The number of sulfonamides is 1. The minimum absolute atomic E-state index is 0.125. The Kier molecular flexibility index (Phi) is 4.29. The zero-order valence-corrected chi connectivity index (χ0v) is 14.8. The van der Waals surface area contributed by atoms with Crippen molar-refractivity contribution in [3.63, 3.8) is 0 Å². The predicted octanol–water partition coefficient (Wildman–Crippen LogP) is 4.08. The number of ketones is 1. The van der Waals surface area contributed by atoms with Gasteiger partial charge in [0.1, 0.15) is 5.69 Å². The highest BCUT2D eigenvalue weighted by molar-refractivity contribution is 7.92. The molecule has 3 rings (SSSR count). The van der Waals surface area contributed by atoms with Crippen LogP contribution in [0.1, 0.15) is 16.1 Å². The average Bonchev–Trinajstić information content (AvgIpc) is 2.82. The summed E-state index contributed by atoms with van der Waals surface area (Å²) in [6.07, 6.45) is 1.02. The molecule has 0 spiro atoms. The van der Waals surface area contributed by atoms with Crippen molar-refractivity contribution >= 4 is 55.6 Å². The molecule has 3 aromatic rings. The van der Waals surface area contributed by atoms with E-state index in [0.29, 0.717) is 26.5 Å². The average molecular weight is 383 g/mol. The molecule has 0 radical (unpaired) electrons. The lowest BCUT2D eigenvalue weighted by atomic mass is 10.1. The highest BCUT2D eigenvalue weighted by atomic mass is 35.5. The molecular formula is C16H12Cl2N2O3S. The first-order valence-electron chi connectivity index (χ1n) is 6.84. The van der Waals surface area contributed by atoms with Gasteiger partial charge in [-0.3, -0.25) is 9.52 Å². The van der Waals surface area contributed by atoms with Gasteiger partial charge >= 0.3 is 0 Å². The molecule has 0 atom stereocenters. The second-order valence-electron chi connectivity index (χ2n) is 5.28. The Balaban J connectivity index is 2.22. The highest BCUT2D eigenvalue weighted by Gasteiger charge is 2.21. The molecule has 0 fully saturated rings. The Bertz CT molecular complexity index is 1060. The van der Waals surface area contributed by atoms with Gasteiger partial charge in [0.15, 0.2) is 0 Å². The number of hydrogen-bond donors (Lipinski definition) is 2. The van der Waals surface area contributed by atoms with Gasteiger partial charge in [0, 0.05) is 26.5 Å². The first-order valence-corrected chi connectivity index (χ1v) is 9.48. The van der Waals surface area contributed by atoms with Crippen LogP contribution in [0.2, 0.25) is 10.0 Å². The van der Waals surface area contributed by atoms with Crippen LogP contribution < -0.4 is 4.72 Å². The molecule has 1 heterocycles. The van der Waals surface area contributed by atoms with E-state index >= 15 is 0 Å². The predicted molar refractivity (Wildman–Crippen MR) is 96.7 cm³/mol. The van der Waals surface area contributed by atoms with Crippen LogP contribution in [0.3, 0.4) is 0 Å². The fourth-order valence-electron chi connectivity index (χ4n) is 2.41. The van der Waals surface area contributed by atoms with E-state index in [4.69, 9.17) is 23.2 Å².